The van der Waals surface area contributed by atoms with Gasteiger partial charge in [0.25, 0.3) is 0 Å². The maximum atomic E-state index is 5.99. The molecule has 29 heavy (non-hydrogen) atoms. The van der Waals surface area contributed by atoms with Gasteiger partial charge in [0.05, 0.1) is 6.61 Å². The second-order valence-electron chi connectivity index (χ2n) is 8.01. The van der Waals surface area contributed by atoms with E-state index in [1.807, 2.05) is 43.3 Å². The fraction of sp³-hybridized carbons (Fsp3) is 0.333. The molecule has 1 aliphatic rings. The van der Waals surface area contributed by atoms with Crippen LogP contribution in [0.3, 0.4) is 0 Å². The van der Waals surface area contributed by atoms with Crippen LogP contribution in [0.1, 0.15) is 50.2 Å². The third-order valence-corrected chi connectivity index (χ3v) is 6.09. The second-order valence-corrected chi connectivity index (χ2v) is 8.01. The largest absolute Gasteiger partial charge is 0.494 e. The first-order chi connectivity index (χ1) is 14.3. The van der Waals surface area contributed by atoms with Crippen LogP contribution < -0.4 is 9.47 Å². The summed E-state index contributed by atoms with van der Waals surface area (Å²) in [6, 6.07) is 27.3. The molecular formula is C27H30O2. The van der Waals surface area contributed by atoms with E-state index in [0.717, 1.165) is 30.3 Å². The molecule has 3 aromatic carbocycles. The van der Waals surface area contributed by atoms with Gasteiger partial charge in [-0.2, -0.15) is 0 Å². The third-order valence-electron chi connectivity index (χ3n) is 6.09. The summed E-state index contributed by atoms with van der Waals surface area (Å²) >= 11 is 0. The molecule has 150 valence electrons. The fourth-order valence-electron chi connectivity index (χ4n) is 4.38. The average Bonchev–Trinajstić information content (AvgIpc) is 2.72. The van der Waals surface area contributed by atoms with Crippen LogP contribution in [0.15, 0.2) is 78.9 Å². The molecule has 0 N–H and O–H groups in total. The van der Waals surface area contributed by atoms with Gasteiger partial charge < -0.3 is 9.47 Å². The molecule has 0 atom stereocenters. The lowest BCUT2D eigenvalue weighted by molar-refractivity contribution is 0.220. The molecule has 1 aliphatic carbocycles. The summed E-state index contributed by atoms with van der Waals surface area (Å²) in [7, 11) is 0. The molecule has 0 bridgehead atoms. The molecule has 0 saturated heterocycles. The van der Waals surface area contributed by atoms with E-state index in [2.05, 4.69) is 42.5 Å². The van der Waals surface area contributed by atoms with Crippen molar-refractivity contribution in [3.05, 3.63) is 90.0 Å². The molecule has 0 heterocycles. The van der Waals surface area contributed by atoms with Gasteiger partial charge in [0.1, 0.15) is 17.2 Å². The summed E-state index contributed by atoms with van der Waals surface area (Å²) in [4.78, 5) is 0. The maximum absolute atomic E-state index is 5.99. The summed E-state index contributed by atoms with van der Waals surface area (Å²) in [6.07, 6.45) is 7.47. The Morgan fingerprint density at radius 3 is 2.24 bits per heavy atom. The molecule has 0 radical (unpaired) electrons. The number of ether oxygens (including phenoxy) is 2. The van der Waals surface area contributed by atoms with Gasteiger partial charge >= 0.3 is 0 Å². The van der Waals surface area contributed by atoms with E-state index in [0.29, 0.717) is 5.41 Å². The van der Waals surface area contributed by atoms with Crippen molar-refractivity contribution in [1.82, 2.24) is 0 Å². The van der Waals surface area contributed by atoms with Crippen molar-refractivity contribution in [2.24, 2.45) is 0 Å². The number of hydrogen-bond acceptors (Lipinski definition) is 2. The van der Waals surface area contributed by atoms with E-state index in [-0.39, 0.29) is 0 Å². The van der Waals surface area contributed by atoms with Gasteiger partial charge in [-0.25, -0.2) is 0 Å². The van der Waals surface area contributed by atoms with Gasteiger partial charge in [0.2, 0.25) is 0 Å². The molecule has 0 aliphatic heterocycles. The standard InChI is InChI=1S/C27H30O2/c1-2-28-24-16-14-23(15-17-24)27(19-8-20-27)18-7-10-22-9-6-13-26(21-22)29-25-11-4-3-5-12-25/h3-6,9,11-17,21H,2,7-8,10,18-20H2,1H3. The van der Waals surface area contributed by atoms with Gasteiger partial charge in [0.15, 0.2) is 0 Å². The zero-order chi connectivity index (χ0) is 19.9. The highest BCUT2D eigenvalue weighted by atomic mass is 16.5. The SMILES string of the molecule is CCOc1ccc(C2(CCCc3cccc(Oc4ccccc4)c3)CCC2)cc1. The van der Waals surface area contributed by atoms with Crippen molar-refractivity contribution in [3.63, 3.8) is 0 Å². The number of aryl methyl sites for hydroxylation is 1. The summed E-state index contributed by atoms with van der Waals surface area (Å²) in [6.45, 7) is 2.75. The van der Waals surface area contributed by atoms with Crippen LogP contribution in [0.25, 0.3) is 0 Å². The molecule has 4 rings (SSSR count). The Kier molecular flexibility index (Phi) is 6.19. The molecule has 0 spiro atoms. The zero-order valence-electron chi connectivity index (χ0n) is 17.3. The number of rotatable bonds is 9. The van der Waals surface area contributed by atoms with Gasteiger partial charge in [-0.1, -0.05) is 48.9 Å². The Hall–Kier alpha value is -2.74. The smallest absolute Gasteiger partial charge is 0.127 e. The number of benzene rings is 3. The first-order valence-electron chi connectivity index (χ1n) is 10.8. The Morgan fingerprint density at radius 1 is 0.793 bits per heavy atom. The van der Waals surface area contributed by atoms with E-state index in [1.54, 1.807) is 0 Å². The molecule has 0 aromatic heterocycles. The molecular weight excluding hydrogens is 356 g/mol. The van der Waals surface area contributed by atoms with Crippen LogP contribution in [0.2, 0.25) is 0 Å². The van der Waals surface area contributed by atoms with E-state index in [4.69, 9.17) is 9.47 Å². The molecule has 0 amide bonds. The first kappa shape index (κ1) is 19.6. The monoisotopic (exact) mass is 386 g/mol. The molecule has 3 aromatic rings. The van der Waals surface area contributed by atoms with Crippen LogP contribution in [0.5, 0.6) is 17.2 Å². The summed E-state index contributed by atoms with van der Waals surface area (Å²) in [5, 5.41) is 0. The van der Waals surface area contributed by atoms with Crippen molar-refractivity contribution in [2.75, 3.05) is 6.61 Å². The highest BCUT2D eigenvalue weighted by Crippen LogP contribution is 2.47. The van der Waals surface area contributed by atoms with Crippen LogP contribution >= 0.6 is 0 Å². The normalized spacial score (nSPS) is 14.8. The number of hydrogen-bond donors (Lipinski definition) is 0. The molecule has 1 fully saturated rings. The summed E-state index contributed by atoms with van der Waals surface area (Å²) in [5.74, 6) is 2.77. The predicted molar refractivity (Wildman–Crippen MR) is 119 cm³/mol. The highest BCUT2D eigenvalue weighted by molar-refractivity contribution is 5.35. The van der Waals surface area contributed by atoms with Crippen molar-refractivity contribution in [3.8, 4) is 17.2 Å². The molecule has 2 heteroatoms. The lowest BCUT2D eigenvalue weighted by Crippen LogP contribution is -2.34. The topological polar surface area (TPSA) is 18.5 Å². The minimum atomic E-state index is 0.364. The van der Waals surface area contributed by atoms with Gasteiger partial charge in [-0.15, -0.1) is 0 Å². The minimum absolute atomic E-state index is 0.364. The molecule has 0 unspecified atom stereocenters. The summed E-state index contributed by atoms with van der Waals surface area (Å²) in [5.41, 5.74) is 3.19. The maximum Gasteiger partial charge on any atom is 0.127 e. The van der Waals surface area contributed by atoms with E-state index >= 15 is 0 Å². The van der Waals surface area contributed by atoms with Crippen LogP contribution in [0, 0.1) is 0 Å². The lowest BCUT2D eigenvalue weighted by Gasteiger charge is -2.43. The Bertz CT molecular complexity index is 895. The second kappa shape index (κ2) is 9.17. The average molecular weight is 387 g/mol. The minimum Gasteiger partial charge on any atom is -0.494 e. The van der Waals surface area contributed by atoms with E-state index in [1.165, 1.54) is 43.2 Å². The van der Waals surface area contributed by atoms with Crippen molar-refractivity contribution in [2.45, 2.75) is 50.9 Å². The van der Waals surface area contributed by atoms with Crippen LogP contribution in [0.4, 0.5) is 0 Å². The molecule has 2 nitrogen and oxygen atoms in total. The quantitative estimate of drug-likeness (QED) is 0.383. The van der Waals surface area contributed by atoms with Crippen LogP contribution in [-0.2, 0) is 11.8 Å². The predicted octanol–water partition coefficient (Wildman–Crippen LogP) is 7.32. The highest BCUT2D eigenvalue weighted by Gasteiger charge is 2.37. The van der Waals surface area contributed by atoms with Gasteiger partial charge in [0, 0.05) is 0 Å². The fourth-order valence-corrected chi connectivity index (χ4v) is 4.38. The zero-order valence-corrected chi connectivity index (χ0v) is 17.3. The van der Waals surface area contributed by atoms with Gasteiger partial charge in [-0.3, -0.25) is 0 Å². The van der Waals surface area contributed by atoms with Crippen molar-refractivity contribution < 1.29 is 9.47 Å². The van der Waals surface area contributed by atoms with Crippen molar-refractivity contribution in [1.29, 1.82) is 0 Å². The number of para-hydroxylation sites is 1. The first-order valence-corrected chi connectivity index (χ1v) is 10.8. The van der Waals surface area contributed by atoms with Crippen LogP contribution in [-0.4, -0.2) is 6.61 Å². The lowest BCUT2D eigenvalue weighted by atomic mass is 9.62. The van der Waals surface area contributed by atoms with Crippen molar-refractivity contribution >= 4 is 0 Å². The van der Waals surface area contributed by atoms with Gasteiger partial charge in [-0.05, 0) is 92.0 Å². The van der Waals surface area contributed by atoms with E-state index < -0.39 is 0 Å². The molecule has 1 saturated carbocycles. The third kappa shape index (κ3) is 4.82. The summed E-state index contributed by atoms with van der Waals surface area (Å²) < 4.78 is 11.6. The Balaban J connectivity index is 1.36. The Morgan fingerprint density at radius 2 is 1.55 bits per heavy atom. The Labute approximate surface area is 174 Å². The van der Waals surface area contributed by atoms with E-state index in [9.17, 15) is 0 Å².